The maximum absolute atomic E-state index is 5.76. The van der Waals surface area contributed by atoms with Crippen LogP contribution in [0.25, 0.3) is 10.8 Å². The van der Waals surface area contributed by atoms with Crippen LogP contribution < -0.4 is 10.1 Å². The lowest BCUT2D eigenvalue weighted by molar-refractivity contribution is 0.196. The molecule has 16 heavy (non-hydrogen) atoms. The molecule has 1 radical (unpaired) electrons. The fourth-order valence-electron chi connectivity index (χ4n) is 1.89. The molecule has 0 N–H and O–H groups in total. The van der Waals surface area contributed by atoms with Crippen LogP contribution in [0.3, 0.4) is 0 Å². The Morgan fingerprint density at radius 2 is 1.88 bits per heavy atom. The highest BCUT2D eigenvalue weighted by molar-refractivity contribution is 5.83. The van der Waals surface area contributed by atoms with Crippen molar-refractivity contribution in [3.8, 4) is 5.75 Å². The van der Waals surface area contributed by atoms with Crippen molar-refractivity contribution in [1.29, 1.82) is 0 Å². The van der Waals surface area contributed by atoms with E-state index in [0.717, 1.165) is 25.4 Å². The molecular weight excluding hydrogens is 198 g/mol. The third-order valence-corrected chi connectivity index (χ3v) is 2.98. The van der Waals surface area contributed by atoms with Crippen molar-refractivity contribution >= 4 is 10.8 Å². The molecule has 2 aromatic carbocycles. The molecule has 1 fully saturated rings. The summed E-state index contributed by atoms with van der Waals surface area (Å²) in [5.41, 5.74) is 0. The Morgan fingerprint density at radius 3 is 2.62 bits per heavy atom. The van der Waals surface area contributed by atoms with Crippen molar-refractivity contribution in [2.75, 3.05) is 19.7 Å². The van der Waals surface area contributed by atoms with Crippen LogP contribution in [-0.4, -0.2) is 19.7 Å². The van der Waals surface area contributed by atoms with Gasteiger partial charge in [-0.3, -0.25) is 0 Å². The van der Waals surface area contributed by atoms with E-state index < -0.39 is 0 Å². The highest BCUT2D eigenvalue weighted by Gasteiger charge is 2.18. The molecular formula is C14H14NO. The number of hydrogen-bond acceptors (Lipinski definition) is 1. The predicted molar refractivity (Wildman–Crippen MR) is 64.8 cm³/mol. The number of benzene rings is 2. The van der Waals surface area contributed by atoms with E-state index in [0.29, 0.717) is 5.92 Å². The molecule has 0 atom stereocenters. The highest BCUT2D eigenvalue weighted by atomic mass is 16.5. The zero-order chi connectivity index (χ0) is 10.8. The van der Waals surface area contributed by atoms with E-state index in [2.05, 4.69) is 41.7 Å². The zero-order valence-corrected chi connectivity index (χ0v) is 9.10. The van der Waals surface area contributed by atoms with Gasteiger partial charge in [0.2, 0.25) is 0 Å². The van der Waals surface area contributed by atoms with Gasteiger partial charge in [-0.25, -0.2) is 5.32 Å². The van der Waals surface area contributed by atoms with Crippen LogP contribution in [0.5, 0.6) is 5.75 Å². The van der Waals surface area contributed by atoms with Gasteiger partial charge in [-0.2, -0.15) is 0 Å². The molecule has 0 amide bonds. The molecule has 0 bridgehead atoms. The summed E-state index contributed by atoms with van der Waals surface area (Å²) in [6, 6.07) is 14.6. The fraction of sp³-hybridized carbons (Fsp3) is 0.286. The first-order valence-corrected chi connectivity index (χ1v) is 5.67. The van der Waals surface area contributed by atoms with Crippen LogP contribution in [0.2, 0.25) is 0 Å². The fourth-order valence-corrected chi connectivity index (χ4v) is 1.89. The number of fused-ring (bicyclic) bond motifs is 1. The van der Waals surface area contributed by atoms with E-state index in [1.165, 1.54) is 10.8 Å². The summed E-state index contributed by atoms with van der Waals surface area (Å²) >= 11 is 0. The summed E-state index contributed by atoms with van der Waals surface area (Å²) in [5, 5.41) is 6.67. The van der Waals surface area contributed by atoms with E-state index in [1.54, 1.807) is 0 Å². The third kappa shape index (κ3) is 1.89. The van der Waals surface area contributed by atoms with Gasteiger partial charge in [0, 0.05) is 19.0 Å². The monoisotopic (exact) mass is 212 g/mol. The van der Waals surface area contributed by atoms with Crippen LogP contribution >= 0.6 is 0 Å². The Labute approximate surface area is 95.2 Å². The van der Waals surface area contributed by atoms with Gasteiger partial charge in [0.1, 0.15) is 5.75 Å². The first-order valence-electron chi connectivity index (χ1n) is 5.67. The van der Waals surface area contributed by atoms with E-state index >= 15 is 0 Å². The van der Waals surface area contributed by atoms with Gasteiger partial charge in [0.25, 0.3) is 0 Å². The Hall–Kier alpha value is -1.54. The lowest BCUT2D eigenvalue weighted by Gasteiger charge is -2.24. The minimum absolute atomic E-state index is 0.631. The average molecular weight is 212 g/mol. The van der Waals surface area contributed by atoms with E-state index in [4.69, 9.17) is 4.74 Å². The van der Waals surface area contributed by atoms with Gasteiger partial charge < -0.3 is 4.74 Å². The third-order valence-electron chi connectivity index (χ3n) is 2.98. The summed E-state index contributed by atoms with van der Waals surface area (Å²) in [6.07, 6.45) is 0. The molecule has 0 aromatic heterocycles. The SMILES string of the molecule is c1ccc2cc(OCC3C[N]C3)ccc2c1. The molecule has 2 aromatic rings. The first-order chi connectivity index (χ1) is 7.92. The smallest absolute Gasteiger partial charge is 0.119 e. The van der Waals surface area contributed by atoms with Gasteiger partial charge >= 0.3 is 0 Å². The molecule has 1 aliphatic heterocycles. The maximum atomic E-state index is 5.76. The molecule has 81 valence electrons. The van der Waals surface area contributed by atoms with Crippen molar-refractivity contribution in [3.63, 3.8) is 0 Å². The predicted octanol–water partition coefficient (Wildman–Crippen LogP) is 2.45. The zero-order valence-electron chi connectivity index (χ0n) is 9.10. The van der Waals surface area contributed by atoms with Crippen molar-refractivity contribution in [1.82, 2.24) is 5.32 Å². The molecule has 2 nitrogen and oxygen atoms in total. The second kappa shape index (κ2) is 4.14. The Kier molecular flexibility index (Phi) is 2.50. The molecule has 0 unspecified atom stereocenters. The minimum Gasteiger partial charge on any atom is -0.493 e. The number of rotatable bonds is 3. The normalized spacial score (nSPS) is 16.0. The Balaban J connectivity index is 1.76. The summed E-state index contributed by atoms with van der Waals surface area (Å²) < 4.78 is 5.76. The molecule has 1 saturated heterocycles. The van der Waals surface area contributed by atoms with Gasteiger partial charge in [-0.1, -0.05) is 30.3 Å². The number of nitrogens with zero attached hydrogens (tertiary/aromatic N) is 1. The number of hydrogen-bond donors (Lipinski definition) is 0. The quantitative estimate of drug-likeness (QED) is 0.766. The minimum atomic E-state index is 0.631. The largest absolute Gasteiger partial charge is 0.493 e. The Morgan fingerprint density at radius 1 is 1.06 bits per heavy atom. The second-order valence-electron chi connectivity index (χ2n) is 4.27. The molecule has 0 saturated carbocycles. The Bertz CT molecular complexity index is 491. The van der Waals surface area contributed by atoms with Gasteiger partial charge in [0.05, 0.1) is 6.61 Å². The van der Waals surface area contributed by atoms with E-state index in [1.807, 2.05) is 6.07 Å². The summed E-state index contributed by atoms with van der Waals surface area (Å²) in [5.74, 6) is 1.59. The second-order valence-corrected chi connectivity index (χ2v) is 4.27. The van der Waals surface area contributed by atoms with Crippen molar-refractivity contribution < 1.29 is 4.74 Å². The van der Waals surface area contributed by atoms with Crippen LogP contribution in [-0.2, 0) is 0 Å². The molecule has 2 heteroatoms. The molecule has 0 aliphatic carbocycles. The van der Waals surface area contributed by atoms with Crippen LogP contribution in [0, 0.1) is 5.92 Å². The van der Waals surface area contributed by atoms with Gasteiger partial charge in [0.15, 0.2) is 0 Å². The van der Waals surface area contributed by atoms with Crippen LogP contribution in [0.4, 0.5) is 0 Å². The summed E-state index contributed by atoms with van der Waals surface area (Å²) in [4.78, 5) is 0. The number of ether oxygens (including phenoxy) is 1. The van der Waals surface area contributed by atoms with Gasteiger partial charge in [-0.05, 0) is 22.9 Å². The summed E-state index contributed by atoms with van der Waals surface area (Å²) in [7, 11) is 0. The molecule has 1 heterocycles. The van der Waals surface area contributed by atoms with Crippen LogP contribution in [0.15, 0.2) is 42.5 Å². The van der Waals surface area contributed by atoms with Crippen LogP contribution in [0.1, 0.15) is 0 Å². The molecule has 1 aliphatic rings. The average Bonchev–Trinajstić information content (AvgIpc) is 2.27. The van der Waals surface area contributed by atoms with Gasteiger partial charge in [-0.15, -0.1) is 0 Å². The van der Waals surface area contributed by atoms with Crippen molar-refractivity contribution in [2.24, 2.45) is 5.92 Å². The maximum Gasteiger partial charge on any atom is 0.119 e. The van der Waals surface area contributed by atoms with Crippen molar-refractivity contribution in [2.45, 2.75) is 0 Å². The molecule has 0 spiro atoms. The van der Waals surface area contributed by atoms with E-state index in [9.17, 15) is 0 Å². The van der Waals surface area contributed by atoms with Crippen molar-refractivity contribution in [3.05, 3.63) is 42.5 Å². The summed E-state index contributed by atoms with van der Waals surface area (Å²) in [6.45, 7) is 2.73. The van der Waals surface area contributed by atoms with E-state index in [-0.39, 0.29) is 0 Å². The highest BCUT2D eigenvalue weighted by Crippen LogP contribution is 2.21. The first kappa shape index (κ1) is 9.67. The molecule has 3 rings (SSSR count). The lowest BCUT2D eigenvalue weighted by atomic mass is 10.1. The lowest BCUT2D eigenvalue weighted by Crippen LogP contribution is -2.39. The topological polar surface area (TPSA) is 23.3 Å². The standard InChI is InChI=1S/C14H14NO/c1-2-4-13-7-14(6-5-12(13)3-1)16-10-11-8-15-9-11/h1-7,11H,8-10H2.